The number of esters is 2. The lowest BCUT2D eigenvalue weighted by Crippen LogP contribution is -2.44. The van der Waals surface area contributed by atoms with E-state index in [-0.39, 0.29) is 26.2 Å². The lowest BCUT2D eigenvalue weighted by Gasteiger charge is -2.31. The highest BCUT2D eigenvalue weighted by atomic mass is 16.6. The van der Waals surface area contributed by atoms with Crippen molar-refractivity contribution in [1.82, 2.24) is 19.8 Å². The first-order chi connectivity index (χ1) is 24.0. The zero-order chi connectivity index (χ0) is 36.1. The number of para-hydroxylation sites is 1. The molecule has 270 valence electrons. The first kappa shape index (κ1) is 38.1. The Kier molecular flexibility index (Phi) is 13.9. The number of carbonyl (C=O) groups excluding carboxylic acids is 3. The summed E-state index contributed by atoms with van der Waals surface area (Å²) in [6.45, 7) is 12.8. The molecule has 0 radical (unpaired) electrons. The van der Waals surface area contributed by atoms with E-state index in [9.17, 15) is 14.4 Å². The number of aromatic nitrogens is 2. The second-order valence-corrected chi connectivity index (χ2v) is 12.7. The SMILES string of the molecule is CCOC(=O)[C@@H](Cc1cc(CN(CCN2CCOCC2)C(=O)OC(C)(C)C)ccc1OCc1ccnc(-c2ccccc2OC)n1)OC(C)=O. The minimum Gasteiger partial charge on any atom is -0.496 e. The van der Waals surface area contributed by atoms with Gasteiger partial charge in [0.05, 0.1) is 38.2 Å². The van der Waals surface area contributed by atoms with E-state index in [2.05, 4.69) is 14.9 Å². The van der Waals surface area contributed by atoms with Crippen LogP contribution in [0.4, 0.5) is 4.79 Å². The molecule has 0 aliphatic carbocycles. The minimum absolute atomic E-state index is 0.0158. The van der Waals surface area contributed by atoms with Crippen LogP contribution in [0.1, 0.15) is 51.4 Å². The molecule has 0 bridgehead atoms. The van der Waals surface area contributed by atoms with Crippen LogP contribution in [0, 0.1) is 0 Å². The van der Waals surface area contributed by atoms with Crippen molar-refractivity contribution in [2.75, 3.05) is 53.1 Å². The molecule has 2 aromatic carbocycles. The second kappa shape index (κ2) is 18.3. The number of nitrogens with zero attached hydrogens (tertiary/aromatic N) is 4. The molecule has 3 aromatic rings. The van der Waals surface area contributed by atoms with Crippen LogP contribution in [0.5, 0.6) is 11.5 Å². The van der Waals surface area contributed by atoms with Gasteiger partial charge < -0.3 is 33.3 Å². The van der Waals surface area contributed by atoms with Crippen molar-refractivity contribution in [2.24, 2.45) is 0 Å². The summed E-state index contributed by atoms with van der Waals surface area (Å²) >= 11 is 0. The quantitative estimate of drug-likeness (QED) is 0.159. The van der Waals surface area contributed by atoms with Gasteiger partial charge in [-0.05, 0) is 63.1 Å². The zero-order valence-electron chi connectivity index (χ0n) is 29.8. The molecular formula is C37H48N4O9. The predicted molar refractivity (Wildman–Crippen MR) is 185 cm³/mol. The largest absolute Gasteiger partial charge is 0.496 e. The average Bonchev–Trinajstić information content (AvgIpc) is 3.09. The van der Waals surface area contributed by atoms with Crippen LogP contribution in [0.25, 0.3) is 11.4 Å². The van der Waals surface area contributed by atoms with Gasteiger partial charge in [0, 0.05) is 52.3 Å². The molecule has 0 N–H and O–H groups in total. The molecule has 0 unspecified atom stereocenters. The Morgan fingerprint density at radius 2 is 1.80 bits per heavy atom. The Bertz CT molecular complexity index is 1590. The Hall–Kier alpha value is -4.75. The number of carbonyl (C=O) groups is 3. The molecule has 1 aliphatic heterocycles. The molecule has 1 saturated heterocycles. The van der Waals surface area contributed by atoms with Gasteiger partial charge in [0.2, 0.25) is 6.10 Å². The number of hydrogen-bond donors (Lipinski definition) is 0. The summed E-state index contributed by atoms with van der Waals surface area (Å²) in [4.78, 5) is 51.2. The Balaban J connectivity index is 1.62. The van der Waals surface area contributed by atoms with Crippen LogP contribution in [0.3, 0.4) is 0 Å². The smallest absolute Gasteiger partial charge is 0.410 e. The molecule has 0 saturated carbocycles. The van der Waals surface area contributed by atoms with E-state index in [1.54, 1.807) is 37.3 Å². The third kappa shape index (κ3) is 11.7. The summed E-state index contributed by atoms with van der Waals surface area (Å²) in [5.41, 5.74) is 2.02. The lowest BCUT2D eigenvalue weighted by molar-refractivity contribution is -0.166. The summed E-state index contributed by atoms with van der Waals surface area (Å²) in [5.74, 6) is 0.285. The van der Waals surface area contributed by atoms with Gasteiger partial charge in [0.25, 0.3) is 0 Å². The van der Waals surface area contributed by atoms with Gasteiger partial charge in [-0.25, -0.2) is 19.6 Å². The van der Waals surface area contributed by atoms with Crippen LogP contribution < -0.4 is 9.47 Å². The van der Waals surface area contributed by atoms with E-state index in [4.69, 9.17) is 28.4 Å². The molecule has 1 aromatic heterocycles. The third-order valence-electron chi connectivity index (χ3n) is 7.64. The van der Waals surface area contributed by atoms with Crippen molar-refractivity contribution in [3.8, 4) is 22.9 Å². The third-order valence-corrected chi connectivity index (χ3v) is 7.64. The molecule has 2 heterocycles. The summed E-state index contributed by atoms with van der Waals surface area (Å²) < 4.78 is 33.6. The molecule has 1 atom stereocenters. The van der Waals surface area contributed by atoms with E-state index in [1.807, 2.05) is 57.2 Å². The number of morpholine rings is 1. The molecule has 1 fully saturated rings. The van der Waals surface area contributed by atoms with Crippen LogP contribution in [-0.2, 0) is 48.1 Å². The molecular weight excluding hydrogens is 644 g/mol. The second-order valence-electron chi connectivity index (χ2n) is 12.7. The number of benzene rings is 2. The van der Waals surface area contributed by atoms with Gasteiger partial charge >= 0.3 is 18.0 Å². The van der Waals surface area contributed by atoms with E-state index in [0.29, 0.717) is 54.9 Å². The van der Waals surface area contributed by atoms with Gasteiger partial charge in [-0.1, -0.05) is 24.3 Å². The highest BCUT2D eigenvalue weighted by molar-refractivity contribution is 5.79. The molecule has 50 heavy (non-hydrogen) atoms. The molecule has 13 heteroatoms. The maximum absolute atomic E-state index is 13.4. The number of methoxy groups -OCH3 is 1. The highest BCUT2D eigenvalue weighted by Gasteiger charge is 2.27. The first-order valence-corrected chi connectivity index (χ1v) is 16.8. The number of ether oxygens (including phenoxy) is 6. The van der Waals surface area contributed by atoms with E-state index in [0.717, 1.165) is 24.2 Å². The van der Waals surface area contributed by atoms with Gasteiger partial charge in [-0.15, -0.1) is 0 Å². The van der Waals surface area contributed by atoms with Crippen LogP contribution in [0.2, 0.25) is 0 Å². The molecule has 4 rings (SSSR count). The van der Waals surface area contributed by atoms with Crippen molar-refractivity contribution in [3.05, 3.63) is 71.5 Å². The lowest BCUT2D eigenvalue weighted by atomic mass is 10.0. The van der Waals surface area contributed by atoms with Gasteiger partial charge in [-0.3, -0.25) is 9.69 Å². The van der Waals surface area contributed by atoms with Crippen molar-refractivity contribution in [1.29, 1.82) is 0 Å². The topological polar surface area (TPSA) is 139 Å². The monoisotopic (exact) mass is 692 g/mol. The van der Waals surface area contributed by atoms with E-state index in [1.165, 1.54) is 6.92 Å². The Labute approximate surface area is 293 Å². The van der Waals surface area contributed by atoms with Gasteiger partial charge in [0.15, 0.2) is 5.82 Å². The fraction of sp³-hybridized carbons (Fsp3) is 0.486. The van der Waals surface area contributed by atoms with E-state index >= 15 is 0 Å². The maximum Gasteiger partial charge on any atom is 0.410 e. The molecule has 0 spiro atoms. The van der Waals surface area contributed by atoms with E-state index < -0.39 is 29.7 Å². The van der Waals surface area contributed by atoms with Gasteiger partial charge in [0.1, 0.15) is 23.7 Å². The van der Waals surface area contributed by atoms with Crippen LogP contribution in [0.15, 0.2) is 54.7 Å². The molecule has 1 aliphatic rings. The Morgan fingerprint density at radius 1 is 1.04 bits per heavy atom. The summed E-state index contributed by atoms with van der Waals surface area (Å²) in [7, 11) is 1.59. The number of amides is 1. The summed E-state index contributed by atoms with van der Waals surface area (Å²) in [6.07, 6.45) is -0.00841. The number of rotatable bonds is 15. The fourth-order valence-corrected chi connectivity index (χ4v) is 5.30. The summed E-state index contributed by atoms with van der Waals surface area (Å²) in [5, 5.41) is 0. The van der Waals surface area contributed by atoms with Crippen molar-refractivity contribution in [2.45, 2.75) is 65.9 Å². The summed E-state index contributed by atoms with van der Waals surface area (Å²) in [6, 6.07) is 14.7. The average molecular weight is 693 g/mol. The fourth-order valence-electron chi connectivity index (χ4n) is 5.30. The normalized spacial score (nSPS) is 14.0. The number of hydrogen-bond acceptors (Lipinski definition) is 12. The first-order valence-electron chi connectivity index (χ1n) is 16.8. The highest BCUT2D eigenvalue weighted by Crippen LogP contribution is 2.28. The Morgan fingerprint density at radius 3 is 2.50 bits per heavy atom. The van der Waals surface area contributed by atoms with Crippen molar-refractivity contribution >= 4 is 18.0 Å². The minimum atomic E-state index is -1.20. The predicted octanol–water partition coefficient (Wildman–Crippen LogP) is 4.84. The van der Waals surface area contributed by atoms with Crippen molar-refractivity contribution in [3.63, 3.8) is 0 Å². The van der Waals surface area contributed by atoms with Crippen LogP contribution >= 0.6 is 0 Å². The standard InChI is InChI=1S/C37H48N4O9/c1-7-47-35(43)33(49-26(2)42)23-28-22-27(24-41(36(44)50-37(3,4)5)17-16-40-18-20-46-21-19-40)12-13-31(28)48-25-29-14-15-38-34(39-29)30-10-8-9-11-32(30)45-6/h8-15,22,33H,7,16-21,23-25H2,1-6H3/t33-/m1/s1. The molecule has 1 amide bonds. The zero-order valence-corrected chi connectivity index (χ0v) is 29.8. The maximum atomic E-state index is 13.4. The van der Waals surface area contributed by atoms with Crippen LogP contribution in [-0.4, -0.2) is 103 Å². The molecule has 13 nitrogen and oxygen atoms in total. The van der Waals surface area contributed by atoms with Gasteiger partial charge in [-0.2, -0.15) is 0 Å². The van der Waals surface area contributed by atoms with Crippen molar-refractivity contribution < 1.29 is 42.8 Å².